The van der Waals surface area contributed by atoms with Crippen LogP contribution in [0.4, 0.5) is 5.69 Å². The highest BCUT2D eigenvalue weighted by Gasteiger charge is 2.23. The zero-order valence-electron chi connectivity index (χ0n) is 18.5. The summed E-state index contributed by atoms with van der Waals surface area (Å²) in [4.78, 5) is 12.9. The monoisotopic (exact) mass is 436 g/mol. The number of amides is 1. The molecule has 0 saturated carbocycles. The molecule has 6 heteroatoms. The maximum absolute atomic E-state index is 13.1. The predicted octanol–water partition coefficient (Wildman–Crippen LogP) is 4.93. The number of nitrogens with zero attached hydrogens (tertiary/aromatic N) is 1. The lowest BCUT2D eigenvalue weighted by Gasteiger charge is -2.20. The second kappa shape index (κ2) is 8.94. The van der Waals surface area contributed by atoms with Gasteiger partial charge < -0.3 is 5.32 Å². The van der Waals surface area contributed by atoms with Crippen molar-refractivity contribution in [3.05, 3.63) is 94.5 Å². The third-order valence-electron chi connectivity index (χ3n) is 5.39. The summed E-state index contributed by atoms with van der Waals surface area (Å²) < 4.78 is 27.4. The first-order chi connectivity index (χ1) is 14.6. The summed E-state index contributed by atoms with van der Waals surface area (Å²) in [5.41, 5.74) is 5.20. The summed E-state index contributed by atoms with van der Waals surface area (Å²) >= 11 is 0. The quantitative estimate of drug-likeness (QED) is 0.596. The van der Waals surface area contributed by atoms with Crippen molar-refractivity contribution in [1.29, 1.82) is 0 Å². The highest BCUT2D eigenvalue weighted by molar-refractivity contribution is 7.92. The van der Waals surface area contributed by atoms with E-state index in [2.05, 4.69) is 11.4 Å². The van der Waals surface area contributed by atoms with Gasteiger partial charge in [0.15, 0.2) is 0 Å². The van der Waals surface area contributed by atoms with Crippen LogP contribution in [0.3, 0.4) is 0 Å². The molecular formula is C25H28N2O3S. The van der Waals surface area contributed by atoms with Gasteiger partial charge in [0, 0.05) is 12.6 Å². The van der Waals surface area contributed by atoms with Gasteiger partial charge >= 0.3 is 0 Å². The van der Waals surface area contributed by atoms with Crippen LogP contribution in [0.1, 0.15) is 45.6 Å². The second-order valence-electron chi connectivity index (χ2n) is 7.89. The maximum Gasteiger partial charge on any atom is 0.264 e. The van der Waals surface area contributed by atoms with E-state index in [1.54, 1.807) is 24.3 Å². The molecule has 0 aromatic heterocycles. The Labute approximate surface area is 184 Å². The standard InChI is InChI=1S/C25H28N2O3S/c1-17-9-12-22(13-10-17)27(5)31(29,30)23-8-6-7-21(16-23)25(28)26-20(4)24-14-11-18(2)15-19(24)3/h6-16,20H,1-5H3,(H,26,28)/t20-/m0/s1. The predicted molar refractivity (Wildman–Crippen MR) is 125 cm³/mol. The lowest BCUT2D eigenvalue weighted by molar-refractivity contribution is 0.0939. The number of carbonyl (C=O) groups excluding carboxylic acids is 1. The Hall–Kier alpha value is -3.12. The number of rotatable bonds is 6. The first-order valence-corrected chi connectivity index (χ1v) is 11.6. The van der Waals surface area contributed by atoms with Crippen molar-refractivity contribution >= 4 is 21.6 Å². The van der Waals surface area contributed by atoms with E-state index in [1.165, 1.54) is 23.5 Å². The molecule has 3 aromatic rings. The zero-order chi connectivity index (χ0) is 22.8. The fourth-order valence-electron chi connectivity index (χ4n) is 3.52. The Kier molecular flexibility index (Phi) is 6.51. The Morgan fingerprint density at radius 1 is 0.903 bits per heavy atom. The smallest absolute Gasteiger partial charge is 0.264 e. The fourth-order valence-corrected chi connectivity index (χ4v) is 4.76. The number of anilines is 1. The van der Waals surface area contributed by atoms with Crippen LogP contribution in [0, 0.1) is 20.8 Å². The zero-order valence-corrected chi connectivity index (χ0v) is 19.3. The molecule has 0 aliphatic carbocycles. The van der Waals surface area contributed by atoms with Crippen molar-refractivity contribution in [2.75, 3.05) is 11.4 Å². The van der Waals surface area contributed by atoms with Gasteiger partial charge in [-0.25, -0.2) is 8.42 Å². The molecule has 1 N–H and O–H groups in total. The average Bonchev–Trinajstić information content (AvgIpc) is 2.73. The molecule has 0 aliphatic rings. The minimum atomic E-state index is -3.80. The van der Waals surface area contributed by atoms with E-state index in [-0.39, 0.29) is 16.8 Å². The van der Waals surface area contributed by atoms with Crippen LogP contribution in [0.5, 0.6) is 0 Å². The minimum absolute atomic E-state index is 0.0717. The number of nitrogens with one attached hydrogen (secondary N) is 1. The molecule has 0 unspecified atom stereocenters. The lowest BCUT2D eigenvalue weighted by Crippen LogP contribution is -2.29. The van der Waals surface area contributed by atoms with Crippen molar-refractivity contribution in [3.63, 3.8) is 0 Å². The summed E-state index contributed by atoms with van der Waals surface area (Å²) in [7, 11) is -2.29. The van der Waals surface area contributed by atoms with Crippen molar-refractivity contribution in [1.82, 2.24) is 5.32 Å². The van der Waals surface area contributed by atoms with E-state index in [0.29, 0.717) is 11.3 Å². The average molecular weight is 437 g/mol. The Morgan fingerprint density at radius 2 is 1.55 bits per heavy atom. The topological polar surface area (TPSA) is 66.5 Å². The van der Waals surface area contributed by atoms with E-state index in [1.807, 2.05) is 52.0 Å². The largest absolute Gasteiger partial charge is 0.346 e. The molecule has 0 fully saturated rings. The molecule has 162 valence electrons. The first-order valence-electron chi connectivity index (χ1n) is 10.1. The molecule has 1 atom stereocenters. The first kappa shape index (κ1) is 22.6. The highest BCUT2D eigenvalue weighted by Crippen LogP contribution is 2.24. The Balaban J connectivity index is 1.83. The van der Waals surface area contributed by atoms with Gasteiger partial charge in [0.2, 0.25) is 0 Å². The van der Waals surface area contributed by atoms with Gasteiger partial charge in [0.05, 0.1) is 16.6 Å². The molecular weight excluding hydrogens is 408 g/mol. The van der Waals surface area contributed by atoms with Gasteiger partial charge in [-0.2, -0.15) is 0 Å². The van der Waals surface area contributed by atoms with Crippen LogP contribution >= 0.6 is 0 Å². The summed E-state index contributed by atoms with van der Waals surface area (Å²) in [6, 6.07) is 19.3. The summed E-state index contributed by atoms with van der Waals surface area (Å²) in [5.74, 6) is -0.317. The summed E-state index contributed by atoms with van der Waals surface area (Å²) in [6.45, 7) is 7.90. The lowest BCUT2D eigenvalue weighted by atomic mass is 10.00. The van der Waals surface area contributed by atoms with E-state index in [9.17, 15) is 13.2 Å². The molecule has 0 saturated heterocycles. The van der Waals surface area contributed by atoms with Crippen molar-refractivity contribution in [2.24, 2.45) is 0 Å². The van der Waals surface area contributed by atoms with Crippen LogP contribution in [0.25, 0.3) is 0 Å². The summed E-state index contributed by atoms with van der Waals surface area (Å²) in [6.07, 6.45) is 0. The SMILES string of the molecule is Cc1ccc(N(C)S(=O)(=O)c2cccc(C(=O)N[C@@H](C)c3ccc(C)cc3C)c2)cc1. The second-order valence-corrected chi connectivity index (χ2v) is 9.86. The van der Waals surface area contributed by atoms with Gasteiger partial charge in [-0.1, -0.05) is 47.5 Å². The van der Waals surface area contributed by atoms with Gasteiger partial charge in [0.1, 0.15) is 0 Å². The van der Waals surface area contributed by atoms with Crippen LogP contribution in [-0.2, 0) is 10.0 Å². The molecule has 3 aromatic carbocycles. The molecule has 1 amide bonds. The van der Waals surface area contributed by atoms with E-state index >= 15 is 0 Å². The Morgan fingerprint density at radius 3 is 2.19 bits per heavy atom. The molecule has 3 rings (SSSR count). The molecule has 0 bridgehead atoms. The third-order valence-corrected chi connectivity index (χ3v) is 7.17. The van der Waals surface area contributed by atoms with Gasteiger partial charge in [0.25, 0.3) is 15.9 Å². The highest BCUT2D eigenvalue weighted by atomic mass is 32.2. The number of carbonyl (C=O) groups is 1. The van der Waals surface area contributed by atoms with Crippen molar-refractivity contribution < 1.29 is 13.2 Å². The van der Waals surface area contributed by atoms with Crippen LogP contribution in [0.2, 0.25) is 0 Å². The number of benzene rings is 3. The van der Waals surface area contributed by atoms with Crippen molar-refractivity contribution in [2.45, 2.75) is 38.6 Å². The van der Waals surface area contributed by atoms with E-state index < -0.39 is 10.0 Å². The normalized spacial score (nSPS) is 12.3. The van der Waals surface area contributed by atoms with Crippen LogP contribution < -0.4 is 9.62 Å². The van der Waals surface area contributed by atoms with Crippen LogP contribution in [-0.4, -0.2) is 21.4 Å². The van der Waals surface area contributed by atoms with Crippen molar-refractivity contribution in [3.8, 4) is 0 Å². The van der Waals surface area contributed by atoms with Gasteiger partial charge in [-0.05, 0) is 69.2 Å². The number of hydrogen-bond donors (Lipinski definition) is 1. The summed E-state index contributed by atoms with van der Waals surface area (Å²) in [5, 5.41) is 2.97. The van der Waals surface area contributed by atoms with E-state index in [4.69, 9.17) is 0 Å². The molecule has 31 heavy (non-hydrogen) atoms. The molecule has 0 aliphatic heterocycles. The van der Waals surface area contributed by atoms with E-state index in [0.717, 1.165) is 22.3 Å². The minimum Gasteiger partial charge on any atom is -0.346 e. The number of hydrogen-bond acceptors (Lipinski definition) is 3. The van der Waals surface area contributed by atoms with Gasteiger partial charge in [-0.3, -0.25) is 9.10 Å². The third kappa shape index (κ3) is 4.97. The molecule has 0 heterocycles. The Bertz CT molecular complexity index is 1200. The van der Waals surface area contributed by atoms with Gasteiger partial charge in [-0.15, -0.1) is 0 Å². The number of sulfonamides is 1. The molecule has 5 nitrogen and oxygen atoms in total. The maximum atomic E-state index is 13.1. The molecule has 0 spiro atoms. The molecule has 0 radical (unpaired) electrons. The van der Waals surface area contributed by atoms with Crippen LogP contribution in [0.15, 0.2) is 71.6 Å². The number of aryl methyl sites for hydroxylation is 3. The fraction of sp³-hybridized carbons (Fsp3) is 0.240.